The first-order chi connectivity index (χ1) is 6.13. The minimum Gasteiger partial charge on any atom is -0.330 e. The van der Waals surface area contributed by atoms with Gasteiger partial charge in [0.05, 0.1) is 5.69 Å². The Morgan fingerprint density at radius 3 is 2.85 bits per heavy atom. The molecule has 2 nitrogen and oxygen atoms in total. The van der Waals surface area contributed by atoms with Gasteiger partial charge >= 0.3 is 0 Å². The lowest BCUT2D eigenvalue weighted by Gasteiger charge is -2.08. The fourth-order valence-electron chi connectivity index (χ4n) is 1.14. The van der Waals surface area contributed by atoms with Crippen molar-refractivity contribution in [2.75, 3.05) is 6.54 Å². The van der Waals surface area contributed by atoms with E-state index < -0.39 is 0 Å². The number of nitrogens with zero attached hydrogens (tertiary/aromatic N) is 1. The van der Waals surface area contributed by atoms with Crippen molar-refractivity contribution in [1.82, 2.24) is 4.98 Å². The Labute approximate surface area is 87.7 Å². The van der Waals surface area contributed by atoms with Crippen LogP contribution in [-0.4, -0.2) is 11.5 Å². The maximum Gasteiger partial charge on any atom is 0.0514 e. The Morgan fingerprint density at radius 1 is 1.62 bits per heavy atom. The SMILES string of the molecule is Cc1ncc(CC(C)CN)cc1Br. The van der Waals surface area contributed by atoms with E-state index in [1.54, 1.807) is 0 Å². The van der Waals surface area contributed by atoms with Gasteiger partial charge in [-0.2, -0.15) is 0 Å². The Hall–Kier alpha value is -0.410. The fourth-order valence-corrected chi connectivity index (χ4v) is 1.54. The smallest absolute Gasteiger partial charge is 0.0514 e. The van der Waals surface area contributed by atoms with Gasteiger partial charge in [0.15, 0.2) is 0 Å². The Bertz CT molecular complexity index is 286. The predicted molar refractivity (Wildman–Crippen MR) is 58.6 cm³/mol. The maximum atomic E-state index is 5.56. The molecular weight excluding hydrogens is 228 g/mol. The van der Waals surface area contributed by atoms with E-state index in [4.69, 9.17) is 5.73 Å². The topological polar surface area (TPSA) is 38.9 Å². The molecule has 1 rings (SSSR count). The lowest BCUT2D eigenvalue weighted by molar-refractivity contribution is 0.591. The molecule has 0 fully saturated rings. The second-order valence-electron chi connectivity index (χ2n) is 3.46. The largest absolute Gasteiger partial charge is 0.330 e. The second kappa shape index (κ2) is 4.72. The highest BCUT2D eigenvalue weighted by Gasteiger charge is 2.03. The van der Waals surface area contributed by atoms with E-state index in [9.17, 15) is 0 Å². The van der Waals surface area contributed by atoms with Crippen molar-refractivity contribution >= 4 is 15.9 Å². The Balaban J connectivity index is 2.73. The van der Waals surface area contributed by atoms with E-state index >= 15 is 0 Å². The predicted octanol–water partition coefficient (Wildman–Crippen LogP) is 2.29. The normalized spacial score (nSPS) is 12.9. The number of rotatable bonds is 3. The third-order valence-corrected chi connectivity index (χ3v) is 2.87. The number of aromatic nitrogens is 1. The van der Waals surface area contributed by atoms with E-state index in [2.05, 4.69) is 33.9 Å². The first-order valence-corrected chi connectivity index (χ1v) is 5.24. The summed E-state index contributed by atoms with van der Waals surface area (Å²) < 4.78 is 1.08. The number of halogens is 1. The summed E-state index contributed by atoms with van der Waals surface area (Å²) in [6, 6.07) is 2.12. The van der Waals surface area contributed by atoms with E-state index in [1.807, 2.05) is 13.1 Å². The molecule has 0 saturated heterocycles. The quantitative estimate of drug-likeness (QED) is 0.884. The molecule has 2 N–H and O–H groups in total. The molecule has 13 heavy (non-hydrogen) atoms. The van der Waals surface area contributed by atoms with Crippen LogP contribution in [-0.2, 0) is 6.42 Å². The van der Waals surface area contributed by atoms with Gasteiger partial charge in [0.25, 0.3) is 0 Å². The third-order valence-electron chi connectivity index (χ3n) is 2.07. The van der Waals surface area contributed by atoms with Crippen LogP contribution in [0.4, 0.5) is 0 Å². The van der Waals surface area contributed by atoms with Gasteiger partial charge in [0, 0.05) is 10.7 Å². The number of nitrogens with two attached hydrogens (primary N) is 1. The summed E-state index contributed by atoms with van der Waals surface area (Å²) in [7, 11) is 0. The Morgan fingerprint density at radius 2 is 2.31 bits per heavy atom. The second-order valence-corrected chi connectivity index (χ2v) is 4.31. The van der Waals surface area contributed by atoms with E-state index in [0.717, 1.165) is 23.1 Å². The van der Waals surface area contributed by atoms with Crippen LogP contribution < -0.4 is 5.73 Å². The zero-order chi connectivity index (χ0) is 9.84. The molecule has 0 aliphatic rings. The van der Waals surface area contributed by atoms with Gasteiger partial charge in [-0.3, -0.25) is 4.98 Å². The average molecular weight is 243 g/mol. The van der Waals surface area contributed by atoms with Crippen molar-refractivity contribution in [3.05, 3.63) is 28.0 Å². The number of hydrogen-bond acceptors (Lipinski definition) is 2. The minimum atomic E-state index is 0.524. The van der Waals surface area contributed by atoms with Crippen LogP contribution in [0.2, 0.25) is 0 Å². The van der Waals surface area contributed by atoms with Gasteiger partial charge < -0.3 is 5.73 Å². The first-order valence-electron chi connectivity index (χ1n) is 4.44. The molecule has 0 aromatic carbocycles. The van der Waals surface area contributed by atoms with Gasteiger partial charge in [-0.05, 0) is 53.4 Å². The molecule has 1 aromatic rings. The van der Waals surface area contributed by atoms with Crippen molar-refractivity contribution in [1.29, 1.82) is 0 Å². The molecule has 0 amide bonds. The van der Waals surface area contributed by atoms with Gasteiger partial charge in [-0.25, -0.2) is 0 Å². The summed E-state index contributed by atoms with van der Waals surface area (Å²) in [5.74, 6) is 0.524. The first kappa shape index (κ1) is 10.7. The molecule has 0 bridgehead atoms. The fraction of sp³-hybridized carbons (Fsp3) is 0.500. The molecule has 72 valence electrons. The van der Waals surface area contributed by atoms with Crippen molar-refractivity contribution in [3.8, 4) is 0 Å². The van der Waals surface area contributed by atoms with Crippen LogP contribution >= 0.6 is 15.9 Å². The number of pyridine rings is 1. The molecule has 0 aliphatic carbocycles. The van der Waals surface area contributed by atoms with Crippen LogP contribution in [0.1, 0.15) is 18.2 Å². The van der Waals surface area contributed by atoms with Crippen LogP contribution in [0.15, 0.2) is 16.7 Å². The average Bonchev–Trinajstić information content (AvgIpc) is 2.11. The van der Waals surface area contributed by atoms with Crippen molar-refractivity contribution < 1.29 is 0 Å². The van der Waals surface area contributed by atoms with Crippen LogP contribution in [0.25, 0.3) is 0 Å². The Kier molecular flexibility index (Phi) is 3.88. The lowest BCUT2D eigenvalue weighted by Crippen LogP contribution is -2.13. The maximum absolute atomic E-state index is 5.56. The molecule has 0 saturated carbocycles. The van der Waals surface area contributed by atoms with E-state index in [0.29, 0.717) is 5.92 Å². The molecule has 0 radical (unpaired) electrons. The summed E-state index contributed by atoms with van der Waals surface area (Å²) >= 11 is 3.46. The highest BCUT2D eigenvalue weighted by atomic mass is 79.9. The zero-order valence-corrected chi connectivity index (χ0v) is 9.63. The number of hydrogen-bond donors (Lipinski definition) is 1. The molecule has 0 spiro atoms. The summed E-state index contributed by atoms with van der Waals surface area (Å²) in [6.07, 6.45) is 2.93. The van der Waals surface area contributed by atoms with Crippen LogP contribution in [0.3, 0.4) is 0 Å². The standard InChI is InChI=1S/C10H15BrN2/c1-7(5-12)3-9-4-10(11)8(2)13-6-9/h4,6-7H,3,5,12H2,1-2H3. The summed E-state index contributed by atoms with van der Waals surface area (Å²) in [6.45, 7) is 4.86. The highest BCUT2D eigenvalue weighted by molar-refractivity contribution is 9.10. The van der Waals surface area contributed by atoms with Crippen LogP contribution in [0.5, 0.6) is 0 Å². The van der Waals surface area contributed by atoms with Crippen molar-refractivity contribution in [2.24, 2.45) is 11.7 Å². The summed E-state index contributed by atoms with van der Waals surface area (Å²) in [5, 5.41) is 0. The number of aryl methyl sites for hydroxylation is 1. The molecule has 1 atom stereocenters. The zero-order valence-electron chi connectivity index (χ0n) is 8.05. The highest BCUT2D eigenvalue weighted by Crippen LogP contribution is 2.16. The minimum absolute atomic E-state index is 0.524. The monoisotopic (exact) mass is 242 g/mol. The molecule has 0 aliphatic heterocycles. The molecular formula is C10H15BrN2. The van der Waals surface area contributed by atoms with Gasteiger partial charge in [-0.1, -0.05) is 6.92 Å². The van der Waals surface area contributed by atoms with Crippen molar-refractivity contribution in [3.63, 3.8) is 0 Å². The van der Waals surface area contributed by atoms with Gasteiger partial charge in [-0.15, -0.1) is 0 Å². The van der Waals surface area contributed by atoms with Gasteiger partial charge in [0.1, 0.15) is 0 Å². The van der Waals surface area contributed by atoms with Crippen LogP contribution in [0, 0.1) is 12.8 Å². The van der Waals surface area contributed by atoms with E-state index in [-0.39, 0.29) is 0 Å². The summed E-state index contributed by atoms with van der Waals surface area (Å²) in [5.41, 5.74) is 7.83. The third kappa shape index (κ3) is 3.08. The van der Waals surface area contributed by atoms with Crippen molar-refractivity contribution in [2.45, 2.75) is 20.3 Å². The molecule has 3 heteroatoms. The summed E-state index contributed by atoms with van der Waals surface area (Å²) in [4.78, 5) is 4.28. The van der Waals surface area contributed by atoms with Gasteiger partial charge in [0.2, 0.25) is 0 Å². The molecule has 1 heterocycles. The molecule has 1 aromatic heterocycles. The van der Waals surface area contributed by atoms with E-state index in [1.165, 1.54) is 5.56 Å². The molecule has 1 unspecified atom stereocenters. The lowest BCUT2D eigenvalue weighted by atomic mass is 10.0.